The first-order chi connectivity index (χ1) is 18.7. The second-order valence-electron chi connectivity index (χ2n) is 9.31. The summed E-state index contributed by atoms with van der Waals surface area (Å²) in [6, 6.07) is 11.9. The number of hydrogen-bond donors (Lipinski definition) is 5. The normalized spacial score (nSPS) is 11.5. The summed E-state index contributed by atoms with van der Waals surface area (Å²) in [7, 11) is 0. The standard InChI is InChI=1S/C28H39N5O5S/c1-4-10-29-11-5-12-33(27(37)17-32-25(35)15-30-24(34)16-31-26(36)18-39)28(38)20(3)21-8-9-22-13-19(2)6-7-23(22)14-21/h6-9,13-14,20,29,39H,4-5,10-12,15-18H2,1-3H3,(H,30,34)(H,31,36)(H,32,35)/t20-/m0/s1. The number of benzene rings is 2. The van der Waals surface area contributed by atoms with Crippen molar-refractivity contribution >= 4 is 52.9 Å². The van der Waals surface area contributed by atoms with Crippen molar-refractivity contribution in [3.8, 4) is 0 Å². The Labute approximate surface area is 235 Å². The zero-order chi connectivity index (χ0) is 28.8. The summed E-state index contributed by atoms with van der Waals surface area (Å²) < 4.78 is 0. The van der Waals surface area contributed by atoms with E-state index in [0.29, 0.717) is 13.0 Å². The van der Waals surface area contributed by atoms with Crippen LogP contribution >= 0.6 is 12.6 Å². The molecule has 10 nitrogen and oxygen atoms in total. The van der Waals surface area contributed by atoms with Gasteiger partial charge in [-0.05, 0) is 56.1 Å². The fraction of sp³-hybridized carbons (Fsp3) is 0.464. The summed E-state index contributed by atoms with van der Waals surface area (Å²) in [6.07, 6.45) is 1.55. The molecule has 0 saturated carbocycles. The van der Waals surface area contributed by atoms with Crippen molar-refractivity contribution in [3.63, 3.8) is 0 Å². The molecule has 0 heterocycles. The predicted molar refractivity (Wildman–Crippen MR) is 154 cm³/mol. The fourth-order valence-corrected chi connectivity index (χ4v) is 3.97. The number of fused-ring (bicyclic) bond motifs is 1. The van der Waals surface area contributed by atoms with E-state index < -0.39 is 29.5 Å². The number of thiol groups is 1. The van der Waals surface area contributed by atoms with Gasteiger partial charge in [-0.3, -0.25) is 28.9 Å². The molecular formula is C28H39N5O5S. The lowest BCUT2D eigenvalue weighted by molar-refractivity contribution is -0.146. The quantitative estimate of drug-likeness (QED) is 0.165. The van der Waals surface area contributed by atoms with Gasteiger partial charge in [0.25, 0.3) is 0 Å². The molecule has 0 saturated heterocycles. The minimum Gasteiger partial charge on any atom is -0.346 e. The van der Waals surface area contributed by atoms with Crippen LogP contribution in [-0.2, 0) is 24.0 Å². The maximum Gasteiger partial charge on any atom is 0.248 e. The third-order valence-corrected chi connectivity index (χ3v) is 6.38. The summed E-state index contributed by atoms with van der Waals surface area (Å²) in [6.45, 7) is 6.51. The van der Waals surface area contributed by atoms with Crippen LogP contribution in [0.4, 0.5) is 0 Å². The molecule has 0 spiro atoms. The van der Waals surface area contributed by atoms with Crippen LogP contribution < -0.4 is 21.3 Å². The molecule has 5 amide bonds. The topological polar surface area (TPSA) is 137 Å². The van der Waals surface area contributed by atoms with E-state index in [2.05, 4.69) is 46.9 Å². The molecule has 39 heavy (non-hydrogen) atoms. The largest absolute Gasteiger partial charge is 0.346 e. The van der Waals surface area contributed by atoms with Crippen molar-refractivity contribution in [2.75, 3.05) is 45.0 Å². The van der Waals surface area contributed by atoms with E-state index in [9.17, 15) is 24.0 Å². The first-order valence-corrected chi connectivity index (χ1v) is 13.8. The van der Waals surface area contributed by atoms with Gasteiger partial charge in [-0.25, -0.2) is 0 Å². The first kappa shape index (κ1) is 31.8. The van der Waals surface area contributed by atoms with Crippen molar-refractivity contribution in [1.82, 2.24) is 26.2 Å². The monoisotopic (exact) mass is 557 g/mol. The number of aryl methyl sites for hydroxylation is 1. The number of amides is 5. The van der Waals surface area contributed by atoms with E-state index in [0.717, 1.165) is 34.9 Å². The molecule has 212 valence electrons. The molecule has 0 aromatic heterocycles. The van der Waals surface area contributed by atoms with Crippen LogP contribution in [-0.4, -0.2) is 79.5 Å². The van der Waals surface area contributed by atoms with E-state index >= 15 is 0 Å². The van der Waals surface area contributed by atoms with Gasteiger partial charge in [-0.1, -0.05) is 48.9 Å². The molecule has 0 unspecified atom stereocenters. The number of carbonyl (C=O) groups is 5. The molecule has 2 aromatic rings. The van der Waals surface area contributed by atoms with E-state index in [4.69, 9.17) is 0 Å². The maximum atomic E-state index is 13.5. The molecule has 0 radical (unpaired) electrons. The molecule has 2 rings (SSSR count). The zero-order valence-electron chi connectivity index (χ0n) is 22.8. The Morgan fingerprint density at radius 2 is 1.46 bits per heavy atom. The molecular weight excluding hydrogens is 518 g/mol. The molecule has 0 bridgehead atoms. The fourth-order valence-electron chi connectivity index (χ4n) is 3.86. The molecule has 1 atom stereocenters. The Morgan fingerprint density at radius 3 is 2.13 bits per heavy atom. The van der Waals surface area contributed by atoms with Gasteiger partial charge >= 0.3 is 0 Å². The highest BCUT2D eigenvalue weighted by Gasteiger charge is 2.27. The summed E-state index contributed by atoms with van der Waals surface area (Å²) in [4.78, 5) is 62.8. The lowest BCUT2D eigenvalue weighted by atomic mass is 9.96. The lowest BCUT2D eigenvalue weighted by Gasteiger charge is -2.25. The van der Waals surface area contributed by atoms with Crippen molar-refractivity contribution in [2.45, 2.75) is 39.5 Å². The summed E-state index contributed by atoms with van der Waals surface area (Å²) in [5, 5.41) is 12.5. The van der Waals surface area contributed by atoms with Gasteiger partial charge in [-0.15, -0.1) is 0 Å². The van der Waals surface area contributed by atoms with Crippen LogP contribution in [0.5, 0.6) is 0 Å². The Balaban J connectivity index is 2.01. The van der Waals surface area contributed by atoms with Gasteiger partial charge in [-0.2, -0.15) is 12.6 Å². The van der Waals surface area contributed by atoms with Crippen LogP contribution in [0.3, 0.4) is 0 Å². The maximum absolute atomic E-state index is 13.5. The van der Waals surface area contributed by atoms with Gasteiger partial charge in [0.15, 0.2) is 0 Å². The van der Waals surface area contributed by atoms with E-state index in [1.165, 1.54) is 4.90 Å². The molecule has 0 aliphatic heterocycles. The molecule has 4 N–H and O–H groups in total. The number of nitrogens with zero attached hydrogens (tertiary/aromatic N) is 1. The SMILES string of the molecule is CCCNCCCN(C(=O)CNC(=O)CNC(=O)CNC(=O)CS)C(=O)[C@@H](C)c1ccc2cc(C)ccc2c1. The zero-order valence-corrected chi connectivity index (χ0v) is 23.7. The second-order valence-corrected chi connectivity index (χ2v) is 9.62. The Kier molecular flexibility index (Phi) is 13.4. The third-order valence-electron chi connectivity index (χ3n) is 6.09. The van der Waals surface area contributed by atoms with Gasteiger partial charge < -0.3 is 21.3 Å². The molecule has 11 heteroatoms. The van der Waals surface area contributed by atoms with Crippen molar-refractivity contribution in [2.24, 2.45) is 0 Å². The number of hydrogen-bond acceptors (Lipinski definition) is 7. The van der Waals surface area contributed by atoms with E-state index in [1.807, 2.05) is 37.3 Å². The Hall–Kier alpha value is -3.44. The van der Waals surface area contributed by atoms with Crippen molar-refractivity contribution in [1.29, 1.82) is 0 Å². The van der Waals surface area contributed by atoms with E-state index in [-0.39, 0.29) is 37.8 Å². The lowest BCUT2D eigenvalue weighted by Crippen LogP contribution is -2.48. The highest BCUT2D eigenvalue weighted by atomic mass is 32.1. The minimum atomic E-state index is -0.591. The Bertz CT molecular complexity index is 1170. The summed E-state index contributed by atoms with van der Waals surface area (Å²) >= 11 is 3.80. The van der Waals surface area contributed by atoms with Gasteiger partial charge in [0.05, 0.1) is 31.3 Å². The van der Waals surface area contributed by atoms with Crippen LogP contribution in [0.15, 0.2) is 36.4 Å². The number of nitrogens with one attached hydrogen (secondary N) is 4. The smallest absolute Gasteiger partial charge is 0.248 e. The van der Waals surface area contributed by atoms with Gasteiger partial charge in [0.1, 0.15) is 0 Å². The number of imide groups is 1. The van der Waals surface area contributed by atoms with Crippen LogP contribution in [0.25, 0.3) is 10.8 Å². The number of carbonyl (C=O) groups excluding carboxylic acids is 5. The third kappa shape index (κ3) is 10.7. The summed E-state index contributed by atoms with van der Waals surface area (Å²) in [5.74, 6) is -3.05. The van der Waals surface area contributed by atoms with Crippen LogP contribution in [0, 0.1) is 6.92 Å². The second kappa shape index (κ2) is 16.5. The van der Waals surface area contributed by atoms with Crippen molar-refractivity contribution in [3.05, 3.63) is 47.5 Å². The van der Waals surface area contributed by atoms with Gasteiger partial charge in [0, 0.05) is 6.54 Å². The molecule has 0 aliphatic rings. The average molecular weight is 558 g/mol. The molecule has 0 fully saturated rings. The molecule has 2 aromatic carbocycles. The highest BCUT2D eigenvalue weighted by Crippen LogP contribution is 2.24. The Morgan fingerprint density at radius 1 is 0.846 bits per heavy atom. The highest BCUT2D eigenvalue weighted by molar-refractivity contribution is 7.81. The van der Waals surface area contributed by atoms with Crippen molar-refractivity contribution < 1.29 is 24.0 Å². The predicted octanol–water partition coefficient (Wildman–Crippen LogP) is 1.28. The average Bonchev–Trinajstić information content (AvgIpc) is 2.94. The van der Waals surface area contributed by atoms with Crippen LogP contribution in [0.2, 0.25) is 0 Å². The van der Waals surface area contributed by atoms with E-state index in [1.54, 1.807) is 6.92 Å². The van der Waals surface area contributed by atoms with Gasteiger partial charge in [0.2, 0.25) is 29.5 Å². The summed E-state index contributed by atoms with van der Waals surface area (Å²) in [5.41, 5.74) is 1.95. The number of rotatable bonds is 15. The first-order valence-electron chi connectivity index (χ1n) is 13.1. The molecule has 0 aliphatic carbocycles. The minimum absolute atomic E-state index is 0.0566. The van der Waals surface area contributed by atoms with Crippen LogP contribution in [0.1, 0.15) is 43.7 Å².